The van der Waals surface area contributed by atoms with Gasteiger partial charge in [0.25, 0.3) is 10.0 Å². The Labute approximate surface area is 139 Å². The number of sulfonamides is 1. The van der Waals surface area contributed by atoms with Gasteiger partial charge < -0.3 is 5.32 Å². The normalized spacial score (nSPS) is 11.2. The number of hydrogen-bond donors (Lipinski definition) is 2. The van der Waals surface area contributed by atoms with Gasteiger partial charge in [0, 0.05) is 5.69 Å². The van der Waals surface area contributed by atoms with Gasteiger partial charge in [0.15, 0.2) is 0 Å². The van der Waals surface area contributed by atoms with Crippen LogP contribution >= 0.6 is 11.3 Å². The molecule has 0 amide bonds. The van der Waals surface area contributed by atoms with Crippen molar-refractivity contribution < 1.29 is 8.42 Å². The molecule has 1 aromatic carbocycles. The average Bonchev–Trinajstić information content (AvgIpc) is 3.04. The fourth-order valence-electron chi connectivity index (χ4n) is 2.02. The molecule has 2 heterocycles. The van der Waals surface area contributed by atoms with E-state index in [4.69, 9.17) is 0 Å². The second-order valence-electron chi connectivity index (χ2n) is 4.96. The smallest absolute Gasteiger partial charge is 0.271 e. The fraction of sp³-hybridized carbons (Fsp3) is 0.0625. The quantitative estimate of drug-likeness (QED) is 0.733. The van der Waals surface area contributed by atoms with Crippen LogP contribution in [0.5, 0.6) is 0 Å². The van der Waals surface area contributed by atoms with Crippen LogP contribution in [-0.2, 0) is 10.0 Å². The van der Waals surface area contributed by atoms with Crippen LogP contribution in [-0.4, -0.2) is 13.4 Å². The molecule has 0 aliphatic rings. The maximum absolute atomic E-state index is 12.1. The number of nitrogens with one attached hydrogen (secondary N) is 2. The Balaban J connectivity index is 1.72. The summed E-state index contributed by atoms with van der Waals surface area (Å²) in [5.74, 6) is 0.648. The lowest BCUT2D eigenvalue weighted by Crippen LogP contribution is -2.11. The van der Waals surface area contributed by atoms with E-state index in [1.807, 2.05) is 31.2 Å². The summed E-state index contributed by atoms with van der Waals surface area (Å²) in [4.78, 5) is 4.23. The molecule has 0 aliphatic carbocycles. The lowest BCUT2D eigenvalue weighted by atomic mass is 10.2. The highest BCUT2D eigenvalue weighted by atomic mass is 32.2. The predicted molar refractivity (Wildman–Crippen MR) is 93.8 cm³/mol. The summed E-state index contributed by atoms with van der Waals surface area (Å²) in [7, 11) is -3.54. The molecule has 3 rings (SSSR count). The van der Waals surface area contributed by atoms with Crippen molar-refractivity contribution in [3.8, 4) is 0 Å². The number of benzene rings is 1. The van der Waals surface area contributed by atoms with Crippen molar-refractivity contribution in [2.24, 2.45) is 0 Å². The van der Waals surface area contributed by atoms with E-state index in [9.17, 15) is 8.42 Å². The third kappa shape index (κ3) is 3.88. The van der Waals surface area contributed by atoms with Gasteiger partial charge in [-0.3, -0.25) is 4.72 Å². The molecule has 3 aromatic rings. The van der Waals surface area contributed by atoms with E-state index in [1.54, 1.807) is 29.6 Å². The van der Waals surface area contributed by atoms with Crippen LogP contribution in [0.25, 0.3) is 0 Å². The molecule has 0 saturated carbocycles. The average molecular weight is 345 g/mol. The molecule has 0 unspecified atom stereocenters. The molecule has 0 bridgehead atoms. The molecule has 0 aliphatic heterocycles. The minimum absolute atomic E-state index is 0.277. The molecular formula is C16H15N3O2S2. The van der Waals surface area contributed by atoms with Crippen molar-refractivity contribution in [3.63, 3.8) is 0 Å². The first kappa shape index (κ1) is 15.5. The van der Waals surface area contributed by atoms with Crippen LogP contribution in [0, 0.1) is 6.92 Å². The summed E-state index contributed by atoms with van der Waals surface area (Å²) >= 11 is 1.17. The first-order chi connectivity index (χ1) is 11.0. The molecule has 2 N–H and O–H groups in total. The summed E-state index contributed by atoms with van der Waals surface area (Å²) in [6, 6.07) is 14.6. The summed E-state index contributed by atoms with van der Waals surface area (Å²) < 4.78 is 27.1. The second-order valence-corrected chi connectivity index (χ2v) is 7.82. The van der Waals surface area contributed by atoms with Gasteiger partial charge in [-0.25, -0.2) is 13.4 Å². The fourth-order valence-corrected chi connectivity index (χ4v) is 4.06. The first-order valence-corrected chi connectivity index (χ1v) is 9.25. The second kappa shape index (κ2) is 6.39. The highest BCUT2D eigenvalue weighted by Gasteiger charge is 2.15. The van der Waals surface area contributed by atoms with Crippen LogP contribution < -0.4 is 10.0 Å². The van der Waals surface area contributed by atoms with Gasteiger partial charge >= 0.3 is 0 Å². The first-order valence-electron chi connectivity index (χ1n) is 6.89. The van der Waals surface area contributed by atoms with Crippen molar-refractivity contribution >= 4 is 38.6 Å². The van der Waals surface area contributed by atoms with Crippen LogP contribution in [0.3, 0.4) is 0 Å². The number of pyridine rings is 1. The van der Waals surface area contributed by atoms with Crippen molar-refractivity contribution in [2.45, 2.75) is 11.1 Å². The molecule has 0 fully saturated rings. The lowest BCUT2D eigenvalue weighted by Gasteiger charge is -2.09. The molecule has 0 saturated heterocycles. The molecule has 5 nitrogen and oxygen atoms in total. The van der Waals surface area contributed by atoms with Crippen molar-refractivity contribution in [3.05, 3.63) is 65.7 Å². The van der Waals surface area contributed by atoms with E-state index >= 15 is 0 Å². The number of aryl methyl sites for hydroxylation is 1. The monoisotopic (exact) mass is 345 g/mol. The van der Waals surface area contributed by atoms with Gasteiger partial charge in [0.2, 0.25) is 0 Å². The molecule has 118 valence electrons. The van der Waals surface area contributed by atoms with Gasteiger partial charge in [-0.05, 0) is 48.2 Å². The molecule has 0 spiro atoms. The molecule has 23 heavy (non-hydrogen) atoms. The van der Waals surface area contributed by atoms with E-state index < -0.39 is 10.0 Å². The third-order valence-corrected chi connectivity index (χ3v) is 5.84. The van der Waals surface area contributed by atoms with Crippen molar-refractivity contribution in [2.75, 3.05) is 10.0 Å². The maximum Gasteiger partial charge on any atom is 0.271 e. The standard InChI is InChI=1S/C16H15N3O2S2/c1-12-4-2-5-13(10-12)18-15-8-7-14(11-17-15)19-23(20,21)16-6-3-9-22-16/h2-11,19H,1H3,(H,17,18). The largest absolute Gasteiger partial charge is 0.340 e. The Morgan fingerprint density at radius 1 is 1.04 bits per heavy atom. The van der Waals surface area contributed by atoms with Gasteiger partial charge in [-0.1, -0.05) is 18.2 Å². The van der Waals surface area contributed by atoms with E-state index in [1.165, 1.54) is 17.5 Å². The molecule has 0 radical (unpaired) electrons. The number of hydrogen-bond acceptors (Lipinski definition) is 5. The Kier molecular flexibility index (Phi) is 4.31. The van der Waals surface area contributed by atoms with Crippen molar-refractivity contribution in [1.82, 2.24) is 4.98 Å². The number of rotatable bonds is 5. The molecule has 0 atom stereocenters. The number of anilines is 3. The maximum atomic E-state index is 12.1. The Morgan fingerprint density at radius 2 is 1.91 bits per heavy atom. The van der Waals surface area contributed by atoms with Gasteiger partial charge in [-0.15, -0.1) is 11.3 Å². The highest BCUT2D eigenvalue weighted by molar-refractivity contribution is 7.94. The SMILES string of the molecule is Cc1cccc(Nc2ccc(NS(=O)(=O)c3cccs3)cn2)c1. The minimum atomic E-state index is -3.54. The lowest BCUT2D eigenvalue weighted by molar-refractivity contribution is 0.603. The predicted octanol–water partition coefficient (Wildman–Crippen LogP) is 4.00. The van der Waals surface area contributed by atoms with Crippen LogP contribution in [0.15, 0.2) is 64.3 Å². The highest BCUT2D eigenvalue weighted by Crippen LogP contribution is 2.21. The van der Waals surface area contributed by atoms with E-state index in [0.29, 0.717) is 11.5 Å². The van der Waals surface area contributed by atoms with Crippen LogP contribution in [0.2, 0.25) is 0 Å². The molecule has 7 heteroatoms. The van der Waals surface area contributed by atoms with Gasteiger partial charge in [0.05, 0.1) is 11.9 Å². The van der Waals surface area contributed by atoms with E-state index in [-0.39, 0.29) is 4.21 Å². The van der Waals surface area contributed by atoms with Crippen molar-refractivity contribution in [1.29, 1.82) is 0 Å². The summed E-state index contributed by atoms with van der Waals surface area (Å²) in [5.41, 5.74) is 2.51. The third-order valence-electron chi connectivity index (χ3n) is 3.07. The number of aromatic nitrogens is 1. The summed E-state index contributed by atoms with van der Waals surface area (Å²) in [5, 5.41) is 4.90. The number of nitrogens with zero attached hydrogens (tertiary/aromatic N) is 1. The number of thiophene rings is 1. The van der Waals surface area contributed by atoms with Gasteiger partial charge in [-0.2, -0.15) is 0 Å². The summed E-state index contributed by atoms with van der Waals surface area (Å²) in [6.45, 7) is 2.01. The summed E-state index contributed by atoms with van der Waals surface area (Å²) in [6.07, 6.45) is 1.49. The Morgan fingerprint density at radius 3 is 2.57 bits per heavy atom. The topological polar surface area (TPSA) is 71.1 Å². The zero-order valence-electron chi connectivity index (χ0n) is 12.4. The minimum Gasteiger partial charge on any atom is -0.340 e. The Bertz CT molecular complexity index is 889. The molecular weight excluding hydrogens is 330 g/mol. The van der Waals surface area contributed by atoms with Crippen LogP contribution in [0.1, 0.15) is 5.56 Å². The molecule has 2 aromatic heterocycles. The Hall–Kier alpha value is -2.38. The van der Waals surface area contributed by atoms with E-state index in [0.717, 1.165) is 11.3 Å². The van der Waals surface area contributed by atoms with E-state index in [2.05, 4.69) is 15.0 Å². The van der Waals surface area contributed by atoms with Crippen LogP contribution in [0.4, 0.5) is 17.2 Å². The zero-order chi connectivity index (χ0) is 16.3. The van der Waals surface area contributed by atoms with Gasteiger partial charge in [0.1, 0.15) is 10.0 Å². The zero-order valence-corrected chi connectivity index (χ0v) is 14.0.